The molecule has 8 N–H and O–H groups in total. The highest BCUT2D eigenvalue weighted by atomic mass is 16.5. The van der Waals surface area contributed by atoms with E-state index in [0.717, 1.165) is 7.11 Å². The van der Waals surface area contributed by atoms with Crippen molar-refractivity contribution in [1.29, 1.82) is 0 Å². The molecule has 0 spiro atoms. The summed E-state index contributed by atoms with van der Waals surface area (Å²) in [5, 5.41) is 28.3. The predicted molar refractivity (Wildman–Crippen MR) is 149 cm³/mol. The summed E-state index contributed by atoms with van der Waals surface area (Å²) >= 11 is 0. The fourth-order valence-electron chi connectivity index (χ4n) is 3.71. The minimum Gasteiger partial charge on any atom is -0.508 e. The topological polar surface area (TPSA) is 226 Å². The van der Waals surface area contributed by atoms with Crippen molar-refractivity contribution in [2.75, 3.05) is 13.7 Å². The zero-order valence-electron chi connectivity index (χ0n) is 23.2. The Morgan fingerprint density at radius 2 is 1.43 bits per heavy atom. The summed E-state index contributed by atoms with van der Waals surface area (Å²) < 4.78 is 4.47. The van der Waals surface area contributed by atoms with Crippen LogP contribution >= 0.6 is 0 Å². The lowest BCUT2D eigenvalue weighted by atomic mass is 10.0. The Hall–Kier alpha value is -4.98. The van der Waals surface area contributed by atoms with Gasteiger partial charge in [0.05, 0.1) is 26.1 Å². The van der Waals surface area contributed by atoms with Crippen molar-refractivity contribution in [1.82, 2.24) is 21.3 Å². The maximum Gasteiger partial charge on any atom is 0.326 e. The van der Waals surface area contributed by atoms with E-state index in [1.54, 1.807) is 42.5 Å². The number of nitrogens with two attached hydrogens (primary N) is 1. The number of carbonyl (C=O) groups is 6. The number of esters is 1. The smallest absolute Gasteiger partial charge is 0.326 e. The number of ether oxygens (including phenoxy) is 1. The number of nitrogens with one attached hydrogen (secondary N) is 4. The molecule has 0 bridgehead atoms. The van der Waals surface area contributed by atoms with E-state index in [1.807, 2.05) is 0 Å². The van der Waals surface area contributed by atoms with Gasteiger partial charge < -0.3 is 42.0 Å². The van der Waals surface area contributed by atoms with Crippen molar-refractivity contribution in [2.45, 2.75) is 50.4 Å². The monoisotopic (exact) mass is 585 g/mol. The summed E-state index contributed by atoms with van der Waals surface area (Å²) in [6.07, 6.45) is -0.472. The van der Waals surface area contributed by atoms with Crippen LogP contribution < -0.4 is 27.0 Å². The van der Waals surface area contributed by atoms with Crippen LogP contribution in [0.2, 0.25) is 0 Å². The number of carbonyl (C=O) groups excluding carboxylic acids is 5. The molecule has 0 saturated heterocycles. The largest absolute Gasteiger partial charge is 0.508 e. The molecule has 226 valence electrons. The third-order valence-corrected chi connectivity index (χ3v) is 6.05. The van der Waals surface area contributed by atoms with Gasteiger partial charge in [0.15, 0.2) is 0 Å². The van der Waals surface area contributed by atoms with Crippen LogP contribution in [0.25, 0.3) is 0 Å². The molecule has 0 aliphatic rings. The number of phenolic OH excluding ortho intramolecular Hbond substituents is 1. The van der Waals surface area contributed by atoms with Crippen molar-refractivity contribution in [2.24, 2.45) is 5.73 Å². The SMILES string of the molecule is COC(=O)C[C@H](NC(=O)[C@H](Cc1ccccc1)NC(=O)CNC(=O)[C@@H](C)NC(=O)[C@@H](N)Cc1ccc(O)cc1)C(=O)O. The fraction of sp³-hybridized carbons (Fsp3) is 0.357. The first kappa shape index (κ1) is 33.2. The molecule has 4 atom stereocenters. The minimum absolute atomic E-state index is 0.0116. The molecule has 0 unspecified atom stereocenters. The summed E-state index contributed by atoms with van der Waals surface area (Å²) in [4.78, 5) is 73.6. The van der Waals surface area contributed by atoms with Crippen LogP contribution in [-0.4, -0.2) is 83.6 Å². The number of rotatable bonds is 15. The summed E-state index contributed by atoms with van der Waals surface area (Å²) in [5.74, 6) is -5.17. The van der Waals surface area contributed by atoms with Crippen LogP contribution in [0.3, 0.4) is 0 Å². The van der Waals surface area contributed by atoms with Crippen LogP contribution in [0, 0.1) is 0 Å². The van der Waals surface area contributed by atoms with Gasteiger partial charge in [-0.1, -0.05) is 42.5 Å². The number of methoxy groups -OCH3 is 1. The summed E-state index contributed by atoms with van der Waals surface area (Å²) in [7, 11) is 1.08. The second kappa shape index (κ2) is 16.3. The predicted octanol–water partition coefficient (Wildman–Crippen LogP) is -1.26. The van der Waals surface area contributed by atoms with E-state index in [0.29, 0.717) is 11.1 Å². The molecule has 0 aliphatic carbocycles. The maximum atomic E-state index is 12.9. The Bertz CT molecular complexity index is 1250. The van der Waals surface area contributed by atoms with Gasteiger partial charge in [0.25, 0.3) is 0 Å². The molecule has 0 aliphatic heterocycles. The lowest BCUT2D eigenvalue weighted by molar-refractivity contribution is -0.149. The molecule has 0 aromatic heterocycles. The van der Waals surface area contributed by atoms with E-state index in [-0.39, 0.29) is 18.6 Å². The van der Waals surface area contributed by atoms with Crippen molar-refractivity contribution in [3.8, 4) is 5.75 Å². The maximum absolute atomic E-state index is 12.9. The Labute approximate surface area is 242 Å². The van der Waals surface area contributed by atoms with Crippen LogP contribution in [0.4, 0.5) is 0 Å². The van der Waals surface area contributed by atoms with Crippen molar-refractivity contribution >= 4 is 35.6 Å². The first-order valence-corrected chi connectivity index (χ1v) is 12.9. The zero-order valence-corrected chi connectivity index (χ0v) is 23.2. The van der Waals surface area contributed by atoms with Gasteiger partial charge in [0.1, 0.15) is 23.9 Å². The molecule has 14 nitrogen and oxygen atoms in total. The second-order valence-corrected chi connectivity index (χ2v) is 9.41. The molecular weight excluding hydrogens is 550 g/mol. The lowest BCUT2D eigenvalue weighted by Gasteiger charge is -2.22. The Kier molecular flexibility index (Phi) is 12.9. The van der Waals surface area contributed by atoms with Gasteiger partial charge in [-0.05, 0) is 36.6 Å². The normalized spacial score (nSPS) is 13.4. The minimum atomic E-state index is -1.59. The van der Waals surface area contributed by atoms with Gasteiger partial charge in [-0.3, -0.25) is 24.0 Å². The second-order valence-electron chi connectivity index (χ2n) is 9.41. The summed E-state index contributed by atoms with van der Waals surface area (Å²) in [5.41, 5.74) is 7.28. The van der Waals surface area contributed by atoms with Crippen LogP contribution in [-0.2, 0) is 46.3 Å². The molecule has 0 fully saturated rings. The number of phenols is 1. The summed E-state index contributed by atoms with van der Waals surface area (Å²) in [6.45, 7) is 0.846. The number of aromatic hydroxyl groups is 1. The van der Waals surface area contributed by atoms with E-state index in [9.17, 15) is 39.0 Å². The highest BCUT2D eigenvalue weighted by Crippen LogP contribution is 2.11. The van der Waals surface area contributed by atoms with Gasteiger partial charge in [0.2, 0.25) is 23.6 Å². The van der Waals surface area contributed by atoms with E-state index < -0.39 is 72.7 Å². The zero-order chi connectivity index (χ0) is 31.2. The van der Waals surface area contributed by atoms with Crippen molar-refractivity contribution < 1.29 is 43.7 Å². The fourth-order valence-corrected chi connectivity index (χ4v) is 3.71. The van der Waals surface area contributed by atoms with Crippen molar-refractivity contribution in [3.63, 3.8) is 0 Å². The quantitative estimate of drug-likeness (QED) is 0.123. The van der Waals surface area contributed by atoms with E-state index >= 15 is 0 Å². The third-order valence-electron chi connectivity index (χ3n) is 6.05. The highest BCUT2D eigenvalue weighted by Gasteiger charge is 2.29. The standard InChI is InChI=1S/C28H35N5O9/c1-16(31-26(38)20(29)12-18-8-10-19(34)11-9-18)25(37)30-15-23(35)32-21(13-17-6-4-3-5-7-17)27(39)33-22(28(40)41)14-24(36)42-2/h3-11,16,20-22,34H,12-15,29H2,1-2H3,(H,30,37)(H,31,38)(H,32,35)(H,33,39)(H,40,41)/t16-,20+,21+,22+/m1/s1. The molecule has 14 heteroatoms. The first-order chi connectivity index (χ1) is 19.9. The van der Waals surface area contributed by atoms with Crippen molar-refractivity contribution in [3.05, 3.63) is 65.7 Å². The van der Waals surface area contributed by atoms with Gasteiger partial charge in [-0.15, -0.1) is 0 Å². The number of carboxylic acids is 1. The van der Waals surface area contributed by atoms with E-state index in [2.05, 4.69) is 26.0 Å². The van der Waals surface area contributed by atoms with Crippen LogP contribution in [0.5, 0.6) is 5.75 Å². The molecule has 0 heterocycles. The van der Waals surface area contributed by atoms with Gasteiger partial charge >= 0.3 is 11.9 Å². The number of aliphatic carboxylic acids is 1. The number of carboxylic acid groups (broad SMARTS) is 1. The molecule has 2 aromatic rings. The lowest BCUT2D eigenvalue weighted by Crippen LogP contribution is -2.55. The molecule has 0 saturated carbocycles. The van der Waals surface area contributed by atoms with Crippen LogP contribution in [0.1, 0.15) is 24.5 Å². The Balaban J connectivity index is 1.95. The average molecular weight is 586 g/mol. The number of amides is 4. The summed E-state index contributed by atoms with van der Waals surface area (Å²) in [6, 6.07) is 9.89. The average Bonchev–Trinajstić information content (AvgIpc) is 2.96. The molecule has 42 heavy (non-hydrogen) atoms. The number of hydrogen-bond acceptors (Lipinski definition) is 9. The molecule has 2 aromatic carbocycles. The van der Waals surface area contributed by atoms with E-state index in [1.165, 1.54) is 19.1 Å². The molecule has 2 rings (SSSR count). The highest BCUT2D eigenvalue weighted by molar-refractivity contribution is 5.94. The Morgan fingerprint density at radius 1 is 0.810 bits per heavy atom. The third kappa shape index (κ3) is 11.3. The molecule has 4 amide bonds. The van der Waals surface area contributed by atoms with Gasteiger partial charge in [-0.2, -0.15) is 0 Å². The first-order valence-electron chi connectivity index (χ1n) is 12.9. The van der Waals surface area contributed by atoms with Gasteiger partial charge in [-0.25, -0.2) is 4.79 Å². The number of benzene rings is 2. The molecule has 0 radical (unpaired) electrons. The number of hydrogen-bond donors (Lipinski definition) is 7. The van der Waals surface area contributed by atoms with E-state index in [4.69, 9.17) is 5.73 Å². The molecular formula is C28H35N5O9. The van der Waals surface area contributed by atoms with Crippen LogP contribution in [0.15, 0.2) is 54.6 Å². The Morgan fingerprint density at radius 3 is 2.02 bits per heavy atom. The van der Waals surface area contributed by atoms with Gasteiger partial charge in [0, 0.05) is 6.42 Å².